The first-order valence-corrected chi connectivity index (χ1v) is 4.10. The Labute approximate surface area is 71.9 Å². The Morgan fingerprint density at radius 2 is 2.25 bits per heavy atom. The molecule has 60 valence electrons. The van der Waals surface area contributed by atoms with E-state index in [9.17, 15) is 0 Å². The largest absolute Gasteiger partial charge is 0.264 e. The van der Waals surface area contributed by atoms with E-state index in [-0.39, 0.29) is 5.41 Å². The van der Waals surface area contributed by atoms with E-state index in [1.807, 2.05) is 19.3 Å². The minimum atomic E-state index is -0.182. The van der Waals surface area contributed by atoms with Gasteiger partial charge in [0.15, 0.2) is 0 Å². The first-order chi connectivity index (χ1) is 5.77. The summed E-state index contributed by atoms with van der Waals surface area (Å²) in [6.07, 6.45) is 5.61. The molecule has 1 saturated carbocycles. The summed E-state index contributed by atoms with van der Waals surface area (Å²) < 4.78 is 0. The molecule has 0 spiro atoms. The summed E-state index contributed by atoms with van der Waals surface area (Å²) in [4.78, 5) is 4.09. The van der Waals surface area contributed by atoms with Crippen LogP contribution < -0.4 is 0 Å². The van der Waals surface area contributed by atoms with E-state index in [0.29, 0.717) is 0 Å². The summed E-state index contributed by atoms with van der Waals surface area (Å²) >= 11 is 0. The van der Waals surface area contributed by atoms with Crippen LogP contribution in [-0.4, -0.2) is 4.98 Å². The van der Waals surface area contributed by atoms with Gasteiger partial charge in [-0.2, -0.15) is 5.26 Å². The number of aryl methyl sites for hydroxylation is 1. The fourth-order valence-corrected chi connectivity index (χ4v) is 1.41. The Morgan fingerprint density at radius 3 is 2.75 bits per heavy atom. The maximum Gasteiger partial charge on any atom is 0.0838 e. The third-order valence-corrected chi connectivity index (χ3v) is 2.39. The molecule has 0 saturated heterocycles. The van der Waals surface area contributed by atoms with E-state index in [1.165, 1.54) is 0 Å². The van der Waals surface area contributed by atoms with Crippen LogP contribution in [0.1, 0.15) is 24.0 Å². The van der Waals surface area contributed by atoms with Crippen LogP contribution in [0.25, 0.3) is 0 Å². The van der Waals surface area contributed by atoms with Crippen molar-refractivity contribution in [2.75, 3.05) is 0 Å². The Balaban J connectivity index is 2.42. The van der Waals surface area contributed by atoms with Gasteiger partial charge in [-0.25, -0.2) is 0 Å². The molecule has 1 aromatic rings. The van der Waals surface area contributed by atoms with Crippen LogP contribution in [0.15, 0.2) is 18.5 Å². The zero-order chi connectivity index (χ0) is 8.60. The molecule has 1 aliphatic rings. The second kappa shape index (κ2) is 2.31. The molecule has 1 fully saturated rings. The summed E-state index contributed by atoms with van der Waals surface area (Å²) in [6, 6.07) is 4.41. The van der Waals surface area contributed by atoms with Crippen LogP contribution in [0.4, 0.5) is 0 Å². The standard InChI is InChI=1S/C10H10N2/c1-8-4-9(6-12-5-8)10(7-11)2-3-10/h4-6H,2-3H2,1H3. The van der Waals surface area contributed by atoms with E-state index in [1.54, 1.807) is 0 Å². The van der Waals surface area contributed by atoms with Crippen molar-refractivity contribution in [3.05, 3.63) is 29.6 Å². The molecule has 2 nitrogen and oxygen atoms in total. The van der Waals surface area contributed by atoms with E-state index >= 15 is 0 Å². The lowest BCUT2D eigenvalue weighted by Gasteiger charge is -2.04. The van der Waals surface area contributed by atoms with E-state index < -0.39 is 0 Å². The van der Waals surface area contributed by atoms with Gasteiger partial charge in [-0.3, -0.25) is 4.98 Å². The van der Waals surface area contributed by atoms with Crippen LogP contribution in [0.5, 0.6) is 0 Å². The highest BCUT2D eigenvalue weighted by Crippen LogP contribution is 2.47. The van der Waals surface area contributed by atoms with Crippen LogP contribution in [0.3, 0.4) is 0 Å². The first kappa shape index (κ1) is 7.30. The molecular formula is C10H10N2. The molecule has 1 heterocycles. The fourth-order valence-electron chi connectivity index (χ4n) is 1.41. The molecule has 0 radical (unpaired) electrons. The number of hydrogen-bond donors (Lipinski definition) is 0. The van der Waals surface area contributed by atoms with Gasteiger partial charge >= 0.3 is 0 Å². The van der Waals surface area contributed by atoms with Gasteiger partial charge in [-0.15, -0.1) is 0 Å². The van der Waals surface area contributed by atoms with Crippen molar-refractivity contribution in [2.24, 2.45) is 0 Å². The maximum absolute atomic E-state index is 8.92. The monoisotopic (exact) mass is 158 g/mol. The van der Waals surface area contributed by atoms with Crippen LogP contribution in [0.2, 0.25) is 0 Å². The average molecular weight is 158 g/mol. The summed E-state index contributed by atoms with van der Waals surface area (Å²) in [5.41, 5.74) is 2.04. The van der Waals surface area contributed by atoms with Gasteiger partial charge in [0, 0.05) is 12.4 Å². The predicted octanol–water partition coefficient (Wildman–Crippen LogP) is 1.95. The van der Waals surface area contributed by atoms with Gasteiger partial charge in [0.25, 0.3) is 0 Å². The third-order valence-electron chi connectivity index (χ3n) is 2.39. The van der Waals surface area contributed by atoms with Gasteiger partial charge in [-0.1, -0.05) is 6.07 Å². The van der Waals surface area contributed by atoms with Crippen molar-refractivity contribution in [3.8, 4) is 6.07 Å². The summed E-state index contributed by atoms with van der Waals surface area (Å²) in [7, 11) is 0. The molecule has 12 heavy (non-hydrogen) atoms. The topological polar surface area (TPSA) is 36.7 Å². The smallest absolute Gasteiger partial charge is 0.0838 e. The first-order valence-electron chi connectivity index (χ1n) is 4.10. The Bertz CT molecular complexity index is 345. The molecule has 1 aliphatic carbocycles. The molecule has 2 heteroatoms. The van der Waals surface area contributed by atoms with Crippen molar-refractivity contribution in [1.82, 2.24) is 4.98 Å². The average Bonchev–Trinajstić information content (AvgIpc) is 2.84. The summed E-state index contributed by atoms with van der Waals surface area (Å²) in [5.74, 6) is 0. The number of hydrogen-bond acceptors (Lipinski definition) is 2. The van der Waals surface area contributed by atoms with Crippen molar-refractivity contribution >= 4 is 0 Å². The van der Waals surface area contributed by atoms with Gasteiger partial charge < -0.3 is 0 Å². The lowest BCUT2D eigenvalue weighted by molar-refractivity contribution is 0.893. The Hall–Kier alpha value is -1.36. The van der Waals surface area contributed by atoms with E-state index in [4.69, 9.17) is 5.26 Å². The SMILES string of the molecule is Cc1cncc(C2(C#N)CC2)c1. The Morgan fingerprint density at radius 1 is 1.50 bits per heavy atom. The third kappa shape index (κ3) is 0.984. The quantitative estimate of drug-likeness (QED) is 0.626. The maximum atomic E-state index is 8.92. The van der Waals surface area contributed by atoms with Crippen molar-refractivity contribution in [3.63, 3.8) is 0 Å². The minimum absolute atomic E-state index is 0.182. The zero-order valence-electron chi connectivity index (χ0n) is 7.04. The highest BCUT2D eigenvalue weighted by atomic mass is 14.6. The second-order valence-electron chi connectivity index (χ2n) is 3.44. The number of nitriles is 1. The van der Waals surface area contributed by atoms with Gasteiger partial charge in [0.1, 0.15) is 0 Å². The number of nitrogens with zero attached hydrogens (tertiary/aromatic N) is 2. The molecule has 0 unspecified atom stereocenters. The van der Waals surface area contributed by atoms with Crippen LogP contribution >= 0.6 is 0 Å². The molecule has 0 bridgehead atoms. The Kier molecular flexibility index (Phi) is 1.41. The van der Waals surface area contributed by atoms with Gasteiger partial charge in [-0.05, 0) is 30.9 Å². The lowest BCUT2D eigenvalue weighted by atomic mass is 9.99. The lowest BCUT2D eigenvalue weighted by Crippen LogP contribution is -2.02. The van der Waals surface area contributed by atoms with Gasteiger partial charge in [0.2, 0.25) is 0 Å². The second-order valence-corrected chi connectivity index (χ2v) is 3.44. The minimum Gasteiger partial charge on any atom is -0.264 e. The molecule has 1 aromatic heterocycles. The fraction of sp³-hybridized carbons (Fsp3) is 0.400. The van der Waals surface area contributed by atoms with Crippen molar-refractivity contribution < 1.29 is 0 Å². The predicted molar refractivity (Wildman–Crippen MR) is 45.5 cm³/mol. The van der Waals surface area contributed by atoms with Crippen molar-refractivity contribution in [1.29, 1.82) is 5.26 Å². The summed E-state index contributed by atoms with van der Waals surface area (Å²) in [5, 5.41) is 8.92. The van der Waals surface area contributed by atoms with Crippen LogP contribution in [0, 0.1) is 18.3 Å². The zero-order valence-corrected chi connectivity index (χ0v) is 7.04. The normalized spacial score (nSPS) is 18.3. The number of rotatable bonds is 1. The highest BCUT2D eigenvalue weighted by molar-refractivity contribution is 5.38. The number of aromatic nitrogens is 1. The molecule has 0 amide bonds. The highest BCUT2D eigenvalue weighted by Gasteiger charge is 2.45. The molecular weight excluding hydrogens is 148 g/mol. The molecule has 0 aromatic carbocycles. The molecule has 0 N–H and O–H groups in total. The summed E-state index contributed by atoms with van der Waals surface area (Å²) in [6.45, 7) is 2.00. The van der Waals surface area contributed by atoms with E-state index in [2.05, 4.69) is 17.1 Å². The van der Waals surface area contributed by atoms with Crippen molar-refractivity contribution in [2.45, 2.75) is 25.2 Å². The van der Waals surface area contributed by atoms with Gasteiger partial charge in [0.05, 0.1) is 11.5 Å². The number of pyridine rings is 1. The van der Waals surface area contributed by atoms with E-state index in [0.717, 1.165) is 24.0 Å². The molecule has 0 atom stereocenters. The molecule has 2 rings (SSSR count). The van der Waals surface area contributed by atoms with Crippen LogP contribution in [-0.2, 0) is 5.41 Å². The molecule has 0 aliphatic heterocycles.